The Labute approximate surface area is 118 Å². The van der Waals surface area contributed by atoms with Crippen LogP contribution < -0.4 is 0 Å². The summed E-state index contributed by atoms with van der Waals surface area (Å²) in [5.41, 5.74) is 0.413. The molecule has 1 aliphatic rings. The van der Waals surface area contributed by atoms with Crippen LogP contribution >= 0.6 is 0 Å². The van der Waals surface area contributed by atoms with Gasteiger partial charge in [-0.15, -0.1) is 0 Å². The lowest BCUT2D eigenvalue weighted by Gasteiger charge is -2.25. The first-order valence-electron chi connectivity index (χ1n) is 6.88. The lowest BCUT2D eigenvalue weighted by molar-refractivity contribution is 0.0400. The highest BCUT2D eigenvalue weighted by atomic mass is 16.5. The maximum Gasteiger partial charge on any atom is 0.386 e. The summed E-state index contributed by atoms with van der Waals surface area (Å²) in [5.74, 6) is -0.722. The van der Waals surface area contributed by atoms with Gasteiger partial charge in [-0.2, -0.15) is 0 Å². The van der Waals surface area contributed by atoms with Crippen LogP contribution in [0.2, 0.25) is 0 Å². The summed E-state index contributed by atoms with van der Waals surface area (Å²) in [4.78, 5) is 22.4. The van der Waals surface area contributed by atoms with E-state index in [1.807, 2.05) is 0 Å². The molecule has 20 heavy (non-hydrogen) atoms. The average Bonchev–Trinajstić information content (AvgIpc) is 2.46. The molecular formula is C16H18O4. The summed E-state index contributed by atoms with van der Waals surface area (Å²) >= 11 is 0. The van der Waals surface area contributed by atoms with Crippen LogP contribution in [0.15, 0.2) is 24.3 Å². The highest BCUT2D eigenvalue weighted by Crippen LogP contribution is 2.28. The molecule has 0 heterocycles. The third kappa shape index (κ3) is 3.83. The van der Waals surface area contributed by atoms with Crippen molar-refractivity contribution in [2.75, 3.05) is 6.61 Å². The molecule has 1 aliphatic carbocycles. The summed E-state index contributed by atoms with van der Waals surface area (Å²) in [6.45, 7) is 4.46. The third-order valence-corrected chi connectivity index (χ3v) is 3.77. The van der Waals surface area contributed by atoms with Gasteiger partial charge in [0, 0.05) is 0 Å². The largest absolute Gasteiger partial charge is 0.462 e. The van der Waals surface area contributed by atoms with E-state index in [1.54, 1.807) is 0 Å². The van der Waals surface area contributed by atoms with Gasteiger partial charge in [0.2, 0.25) is 0 Å². The Morgan fingerprint density at radius 3 is 2.15 bits per heavy atom. The first-order valence-corrected chi connectivity index (χ1v) is 6.88. The summed E-state index contributed by atoms with van der Waals surface area (Å²) in [7, 11) is 0. The van der Waals surface area contributed by atoms with Crippen LogP contribution in [-0.2, 0) is 9.84 Å². The number of hydrogen-bond donors (Lipinski definition) is 0. The Hall–Kier alpha value is -1.84. The molecule has 2 rings (SSSR count). The van der Waals surface area contributed by atoms with Crippen LogP contribution in [0.4, 0.5) is 0 Å². The predicted molar refractivity (Wildman–Crippen MR) is 72.5 cm³/mol. The molecule has 0 saturated heterocycles. The van der Waals surface area contributed by atoms with E-state index in [2.05, 4.69) is 6.92 Å². The molecule has 4 nitrogen and oxygen atoms in total. The van der Waals surface area contributed by atoms with E-state index < -0.39 is 11.9 Å². The van der Waals surface area contributed by atoms with Crippen molar-refractivity contribution in [2.24, 2.45) is 11.8 Å². The maximum atomic E-state index is 11.8. The second kappa shape index (κ2) is 6.55. The molecule has 0 atom stereocenters. The summed E-state index contributed by atoms with van der Waals surface area (Å²) in [6.07, 6.45) is 4.27. The lowest BCUT2D eigenvalue weighted by Crippen LogP contribution is -2.19. The zero-order valence-electron chi connectivity index (χ0n) is 11.3. The van der Waals surface area contributed by atoms with Gasteiger partial charge in [0.1, 0.15) is 0 Å². The number of benzene rings is 1. The van der Waals surface area contributed by atoms with Crippen molar-refractivity contribution in [3.63, 3.8) is 0 Å². The molecule has 4 heteroatoms. The van der Waals surface area contributed by atoms with E-state index in [0.717, 1.165) is 25.7 Å². The number of hydrogen-bond acceptors (Lipinski definition) is 3. The first kappa shape index (κ1) is 14.6. The molecule has 0 N–H and O–H groups in total. The highest BCUT2D eigenvalue weighted by molar-refractivity contribution is 5.92. The van der Waals surface area contributed by atoms with Gasteiger partial charge in [0.25, 0.3) is 0 Å². The van der Waals surface area contributed by atoms with Gasteiger partial charge in [-0.05, 0) is 48.9 Å². The SMILES string of the molecule is [CH2]C1CCC(COC(=O)c2ccc(C([O])=O)cc2)CC1. The molecule has 1 aromatic carbocycles. The van der Waals surface area contributed by atoms with Crippen LogP contribution in [0.25, 0.3) is 0 Å². The lowest BCUT2D eigenvalue weighted by atomic mass is 9.83. The third-order valence-electron chi connectivity index (χ3n) is 3.77. The predicted octanol–water partition coefficient (Wildman–Crippen LogP) is 3.05. The van der Waals surface area contributed by atoms with Crippen LogP contribution in [0.3, 0.4) is 0 Å². The Balaban J connectivity index is 1.84. The fourth-order valence-electron chi connectivity index (χ4n) is 2.42. The molecule has 1 saturated carbocycles. The van der Waals surface area contributed by atoms with Crippen molar-refractivity contribution in [1.29, 1.82) is 0 Å². The second-order valence-corrected chi connectivity index (χ2v) is 5.35. The van der Waals surface area contributed by atoms with Crippen molar-refractivity contribution in [1.82, 2.24) is 0 Å². The van der Waals surface area contributed by atoms with E-state index in [0.29, 0.717) is 24.0 Å². The van der Waals surface area contributed by atoms with Crippen molar-refractivity contribution >= 4 is 11.9 Å². The van der Waals surface area contributed by atoms with Gasteiger partial charge in [-0.25, -0.2) is 14.7 Å². The van der Waals surface area contributed by atoms with Crippen molar-refractivity contribution in [3.8, 4) is 0 Å². The Bertz CT molecular complexity index is 470. The summed E-state index contributed by atoms with van der Waals surface area (Å²) in [5, 5.41) is 10.6. The number of rotatable bonds is 4. The second-order valence-electron chi connectivity index (χ2n) is 5.35. The van der Waals surface area contributed by atoms with Gasteiger partial charge < -0.3 is 4.74 Å². The molecule has 2 radical (unpaired) electrons. The fraction of sp³-hybridized carbons (Fsp3) is 0.438. The van der Waals surface area contributed by atoms with E-state index in [9.17, 15) is 14.7 Å². The molecule has 0 aromatic heterocycles. The standard InChI is InChI=1S/C16H18O4/c1-11-2-4-12(5-3-11)10-20-16(19)14-8-6-13(7-9-14)15(17)18/h6-9,11-12H,1-5,10H2. The van der Waals surface area contributed by atoms with Gasteiger partial charge in [-0.3, -0.25) is 0 Å². The summed E-state index contributed by atoms with van der Waals surface area (Å²) in [6, 6.07) is 5.58. The van der Waals surface area contributed by atoms with E-state index >= 15 is 0 Å². The molecule has 0 bridgehead atoms. The van der Waals surface area contributed by atoms with Crippen molar-refractivity contribution < 1.29 is 19.4 Å². The molecule has 0 aliphatic heterocycles. The van der Waals surface area contributed by atoms with E-state index in [4.69, 9.17) is 4.74 Å². The van der Waals surface area contributed by atoms with E-state index in [-0.39, 0.29) is 5.56 Å². The Kier molecular flexibility index (Phi) is 4.77. The number of esters is 1. The minimum Gasteiger partial charge on any atom is -0.462 e. The minimum atomic E-state index is -1.25. The molecule has 0 unspecified atom stereocenters. The van der Waals surface area contributed by atoms with Crippen LogP contribution in [0.1, 0.15) is 46.4 Å². The van der Waals surface area contributed by atoms with Gasteiger partial charge in [-0.1, -0.05) is 19.8 Å². The Morgan fingerprint density at radius 2 is 1.60 bits per heavy atom. The molecule has 106 valence electrons. The highest BCUT2D eigenvalue weighted by Gasteiger charge is 2.20. The zero-order valence-corrected chi connectivity index (χ0v) is 11.3. The number of ether oxygens (including phenoxy) is 1. The zero-order chi connectivity index (χ0) is 14.5. The van der Waals surface area contributed by atoms with Gasteiger partial charge in [0.15, 0.2) is 0 Å². The van der Waals surface area contributed by atoms with Crippen LogP contribution in [0, 0.1) is 18.8 Å². The van der Waals surface area contributed by atoms with E-state index in [1.165, 1.54) is 24.3 Å². The fourth-order valence-corrected chi connectivity index (χ4v) is 2.42. The van der Waals surface area contributed by atoms with Crippen molar-refractivity contribution in [3.05, 3.63) is 42.3 Å². The molecular weight excluding hydrogens is 256 g/mol. The number of carbonyl (C=O) groups excluding carboxylic acids is 2. The van der Waals surface area contributed by atoms with Crippen molar-refractivity contribution in [2.45, 2.75) is 25.7 Å². The summed E-state index contributed by atoms with van der Waals surface area (Å²) < 4.78 is 5.28. The maximum absolute atomic E-state index is 11.8. The quantitative estimate of drug-likeness (QED) is 0.793. The monoisotopic (exact) mass is 274 g/mol. The van der Waals surface area contributed by atoms with Gasteiger partial charge in [0.05, 0.1) is 17.7 Å². The van der Waals surface area contributed by atoms with Gasteiger partial charge >= 0.3 is 11.9 Å². The first-order chi connectivity index (χ1) is 9.56. The Morgan fingerprint density at radius 1 is 1.05 bits per heavy atom. The molecule has 1 aromatic rings. The minimum absolute atomic E-state index is 0.0512. The normalized spacial score (nSPS) is 22.2. The smallest absolute Gasteiger partial charge is 0.386 e. The van der Waals surface area contributed by atoms with Crippen LogP contribution in [-0.4, -0.2) is 18.5 Å². The van der Waals surface area contributed by atoms with Crippen LogP contribution in [0.5, 0.6) is 0 Å². The average molecular weight is 274 g/mol. The topological polar surface area (TPSA) is 63.3 Å². The molecule has 0 amide bonds. The molecule has 0 spiro atoms. The molecule has 1 fully saturated rings. The number of carbonyl (C=O) groups is 2.